The highest BCUT2D eigenvalue weighted by atomic mass is 16.4. The molecular weight excluding hydrogens is 304 g/mol. The average Bonchev–Trinajstić information content (AvgIpc) is 3.01. The molecule has 3 N–H and O–H groups in total. The first-order valence-corrected chi connectivity index (χ1v) is 7.90. The Labute approximate surface area is 140 Å². The van der Waals surface area contributed by atoms with Crippen molar-refractivity contribution < 1.29 is 14.3 Å². The summed E-state index contributed by atoms with van der Waals surface area (Å²) in [4.78, 5) is 11.9. The Morgan fingerprint density at radius 2 is 1.92 bits per heavy atom. The molecule has 0 aliphatic rings. The van der Waals surface area contributed by atoms with Crippen molar-refractivity contribution in [3.05, 3.63) is 65.9 Å². The molecule has 0 spiro atoms. The van der Waals surface area contributed by atoms with Crippen LogP contribution in [0.2, 0.25) is 0 Å². The lowest BCUT2D eigenvalue weighted by atomic mass is 10.2. The number of anilines is 1. The first kappa shape index (κ1) is 16.1. The minimum atomic E-state index is -0.754. The van der Waals surface area contributed by atoms with Gasteiger partial charge in [0, 0.05) is 17.6 Å². The van der Waals surface area contributed by atoms with Crippen LogP contribution in [0.5, 0.6) is 0 Å². The van der Waals surface area contributed by atoms with Crippen LogP contribution in [-0.4, -0.2) is 17.7 Å². The van der Waals surface area contributed by atoms with Gasteiger partial charge in [-0.15, -0.1) is 0 Å². The van der Waals surface area contributed by atoms with Gasteiger partial charge in [-0.2, -0.15) is 0 Å². The van der Waals surface area contributed by atoms with Crippen LogP contribution in [-0.2, 0) is 0 Å². The van der Waals surface area contributed by atoms with Gasteiger partial charge in [-0.3, -0.25) is 0 Å². The van der Waals surface area contributed by atoms with Crippen molar-refractivity contribution in [1.29, 1.82) is 0 Å². The first-order valence-electron chi connectivity index (χ1n) is 7.90. The van der Waals surface area contributed by atoms with E-state index in [9.17, 15) is 9.90 Å². The Balaban J connectivity index is 1.50. The normalized spacial score (nSPS) is 12.1. The Hall–Kier alpha value is -2.79. The molecule has 0 saturated heterocycles. The highest BCUT2D eigenvalue weighted by Gasteiger charge is 2.13. The smallest absolute Gasteiger partial charge is 0.319 e. The van der Waals surface area contributed by atoms with Gasteiger partial charge >= 0.3 is 6.03 Å². The molecule has 1 heterocycles. The second kappa shape index (κ2) is 7.19. The van der Waals surface area contributed by atoms with Gasteiger partial charge in [0.1, 0.15) is 17.4 Å². The number of furan rings is 1. The maximum absolute atomic E-state index is 11.9. The Bertz CT molecular complexity index is 808. The van der Waals surface area contributed by atoms with Gasteiger partial charge in [-0.1, -0.05) is 36.4 Å². The number of benzene rings is 2. The number of aliphatic hydroxyl groups is 1. The van der Waals surface area contributed by atoms with E-state index in [1.807, 2.05) is 61.5 Å². The summed E-state index contributed by atoms with van der Waals surface area (Å²) in [6.07, 6.45) is -0.378. The van der Waals surface area contributed by atoms with Crippen LogP contribution >= 0.6 is 0 Å². The Kier molecular flexibility index (Phi) is 4.82. The highest BCUT2D eigenvalue weighted by molar-refractivity contribution is 5.90. The van der Waals surface area contributed by atoms with Crippen LogP contribution in [0.25, 0.3) is 11.0 Å². The standard InChI is InChI=1S/C19H20N2O3/c1-13-6-2-4-8-15(13)21-19(23)20-11-10-16(22)18-12-14-7-3-5-9-17(14)24-18/h2-9,12,16,22H,10-11H2,1H3,(H2,20,21,23)/t16-/m1/s1. The molecule has 0 unspecified atom stereocenters. The van der Waals surface area contributed by atoms with Gasteiger partial charge in [0.15, 0.2) is 0 Å². The number of rotatable bonds is 5. The van der Waals surface area contributed by atoms with E-state index in [2.05, 4.69) is 10.6 Å². The topological polar surface area (TPSA) is 74.5 Å². The third-order valence-electron chi connectivity index (χ3n) is 3.87. The second-order valence-corrected chi connectivity index (χ2v) is 5.69. The maximum atomic E-state index is 11.9. The van der Waals surface area contributed by atoms with E-state index < -0.39 is 6.10 Å². The molecule has 0 radical (unpaired) electrons. The van der Waals surface area contributed by atoms with Crippen molar-refractivity contribution >= 4 is 22.7 Å². The van der Waals surface area contributed by atoms with E-state index in [1.54, 1.807) is 0 Å². The zero-order chi connectivity index (χ0) is 16.9. The zero-order valence-electron chi connectivity index (χ0n) is 13.5. The van der Waals surface area contributed by atoms with Crippen LogP contribution in [0, 0.1) is 6.92 Å². The van der Waals surface area contributed by atoms with E-state index in [0.29, 0.717) is 18.7 Å². The number of urea groups is 1. The number of carbonyl (C=O) groups excluding carboxylic acids is 1. The van der Waals surface area contributed by atoms with Crippen molar-refractivity contribution in [2.45, 2.75) is 19.4 Å². The molecule has 1 atom stereocenters. The van der Waals surface area contributed by atoms with Crippen LogP contribution in [0.4, 0.5) is 10.5 Å². The van der Waals surface area contributed by atoms with E-state index in [1.165, 1.54) is 0 Å². The molecule has 2 aromatic carbocycles. The number of aryl methyl sites for hydroxylation is 1. The third kappa shape index (κ3) is 3.75. The summed E-state index contributed by atoms with van der Waals surface area (Å²) in [6, 6.07) is 16.7. The minimum absolute atomic E-state index is 0.291. The number of fused-ring (bicyclic) bond motifs is 1. The Morgan fingerprint density at radius 1 is 1.17 bits per heavy atom. The van der Waals surface area contributed by atoms with Crippen LogP contribution in [0.3, 0.4) is 0 Å². The maximum Gasteiger partial charge on any atom is 0.319 e. The van der Waals surface area contributed by atoms with Crippen molar-refractivity contribution in [2.75, 3.05) is 11.9 Å². The van der Waals surface area contributed by atoms with E-state index in [4.69, 9.17) is 4.42 Å². The fraction of sp³-hybridized carbons (Fsp3) is 0.211. The molecule has 0 bridgehead atoms. The second-order valence-electron chi connectivity index (χ2n) is 5.69. The molecule has 1 aromatic heterocycles. The largest absolute Gasteiger partial charge is 0.458 e. The number of amides is 2. The van der Waals surface area contributed by atoms with Crippen molar-refractivity contribution in [3.8, 4) is 0 Å². The summed E-state index contributed by atoms with van der Waals surface area (Å²) >= 11 is 0. The number of hydrogen-bond donors (Lipinski definition) is 3. The van der Waals surface area contributed by atoms with Crippen LogP contribution in [0.1, 0.15) is 23.8 Å². The first-order chi connectivity index (χ1) is 11.6. The van der Waals surface area contributed by atoms with Crippen molar-refractivity contribution in [1.82, 2.24) is 5.32 Å². The number of para-hydroxylation sites is 2. The lowest BCUT2D eigenvalue weighted by Crippen LogP contribution is -2.30. The predicted octanol–water partition coefficient (Wildman–Crippen LogP) is 3.99. The number of nitrogens with one attached hydrogen (secondary N) is 2. The van der Waals surface area contributed by atoms with E-state index in [-0.39, 0.29) is 6.03 Å². The molecule has 3 aromatic rings. The van der Waals surface area contributed by atoms with Gasteiger partial charge < -0.3 is 20.2 Å². The SMILES string of the molecule is Cc1ccccc1NC(=O)NCC[C@@H](O)c1cc2ccccc2o1. The molecule has 5 heteroatoms. The number of hydrogen-bond acceptors (Lipinski definition) is 3. The molecule has 124 valence electrons. The molecule has 24 heavy (non-hydrogen) atoms. The van der Waals surface area contributed by atoms with Crippen molar-refractivity contribution in [3.63, 3.8) is 0 Å². The Morgan fingerprint density at radius 3 is 2.71 bits per heavy atom. The summed E-state index contributed by atoms with van der Waals surface area (Å²) in [5, 5.41) is 16.7. The molecule has 0 fully saturated rings. The predicted molar refractivity (Wildman–Crippen MR) is 94.0 cm³/mol. The zero-order valence-corrected chi connectivity index (χ0v) is 13.5. The lowest BCUT2D eigenvalue weighted by Gasteiger charge is -2.11. The summed E-state index contributed by atoms with van der Waals surface area (Å²) in [5.41, 5.74) is 2.51. The molecule has 0 aliphatic heterocycles. The fourth-order valence-electron chi connectivity index (χ4n) is 2.51. The molecular formula is C19H20N2O3. The van der Waals surface area contributed by atoms with Gasteiger partial charge in [0.2, 0.25) is 0 Å². The third-order valence-corrected chi connectivity index (χ3v) is 3.87. The molecule has 5 nitrogen and oxygen atoms in total. The summed E-state index contributed by atoms with van der Waals surface area (Å²) in [7, 11) is 0. The van der Waals surface area contributed by atoms with Gasteiger partial charge in [-0.05, 0) is 37.1 Å². The summed E-state index contributed by atoms with van der Waals surface area (Å²) in [6.45, 7) is 2.27. The number of carbonyl (C=O) groups is 1. The van der Waals surface area contributed by atoms with Crippen LogP contribution < -0.4 is 10.6 Å². The molecule has 2 amide bonds. The summed E-state index contributed by atoms with van der Waals surface area (Å²) < 4.78 is 5.62. The van der Waals surface area contributed by atoms with Crippen LogP contribution in [0.15, 0.2) is 59.0 Å². The molecule has 3 rings (SSSR count). The molecule has 0 saturated carbocycles. The van der Waals surface area contributed by atoms with Gasteiger partial charge in [-0.25, -0.2) is 4.79 Å². The van der Waals surface area contributed by atoms with Gasteiger partial charge in [0.05, 0.1) is 0 Å². The monoisotopic (exact) mass is 324 g/mol. The average molecular weight is 324 g/mol. The van der Waals surface area contributed by atoms with Gasteiger partial charge in [0.25, 0.3) is 0 Å². The van der Waals surface area contributed by atoms with E-state index >= 15 is 0 Å². The summed E-state index contributed by atoms with van der Waals surface area (Å²) in [5.74, 6) is 0.511. The van der Waals surface area contributed by atoms with E-state index in [0.717, 1.165) is 22.2 Å². The fourth-order valence-corrected chi connectivity index (χ4v) is 2.51. The number of aliphatic hydroxyl groups excluding tert-OH is 1. The quantitative estimate of drug-likeness (QED) is 0.664. The highest BCUT2D eigenvalue weighted by Crippen LogP contribution is 2.25. The van der Waals surface area contributed by atoms with Crippen molar-refractivity contribution in [2.24, 2.45) is 0 Å². The minimum Gasteiger partial charge on any atom is -0.458 e. The lowest BCUT2D eigenvalue weighted by molar-refractivity contribution is 0.143. The molecule has 0 aliphatic carbocycles.